The standard InChI is InChI=1S/C16H16FN3O5S/c1-11-6-7-12(17)8-15(11)18-16(21)10-19(2)26(24,25)14-5-3-4-13(9-14)20(22)23/h3-9H,10H2,1-2H3,(H,18,21). The predicted molar refractivity (Wildman–Crippen MR) is 92.7 cm³/mol. The third-order valence-electron chi connectivity index (χ3n) is 3.58. The molecule has 0 bridgehead atoms. The summed E-state index contributed by atoms with van der Waals surface area (Å²) in [5.41, 5.74) is 0.472. The van der Waals surface area contributed by atoms with Gasteiger partial charge >= 0.3 is 0 Å². The minimum absolute atomic E-state index is 0.233. The summed E-state index contributed by atoms with van der Waals surface area (Å²) in [5.74, 6) is -1.21. The summed E-state index contributed by atoms with van der Waals surface area (Å²) in [6.07, 6.45) is 0. The van der Waals surface area contributed by atoms with Gasteiger partial charge in [-0.25, -0.2) is 12.8 Å². The first-order valence-corrected chi connectivity index (χ1v) is 8.82. The molecular formula is C16H16FN3O5S. The molecule has 0 heterocycles. The van der Waals surface area contributed by atoms with Crippen molar-refractivity contribution in [1.82, 2.24) is 4.31 Å². The topological polar surface area (TPSA) is 110 Å². The Morgan fingerprint density at radius 3 is 2.62 bits per heavy atom. The average molecular weight is 381 g/mol. The van der Waals surface area contributed by atoms with Gasteiger partial charge in [-0.1, -0.05) is 12.1 Å². The van der Waals surface area contributed by atoms with Crippen LogP contribution in [0.1, 0.15) is 5.56 Å². The number of likely N-dealkylation sites (N-methyl/N-ethyl adjacent to an activating group) is 1. The number of amides is 1. The van der Waals surface area contributed by atoms with E-state index in [1.54, 1.807) is 6.92 Å². The Morgan fingerprint density at radius 2 is 1.96 bits per heavy atom. The van der Waals surface area contributed by atoms with Crippen molar-refractivity contribution in [2.45, 2.75) is 11.8 Å². The molecule has 0 aliphatic carbocycles. The number of rotatable bonds is 6. The van der Waals surface area contributed by atoms with Crippen LogP contribution in [0.25, 0.3) is 0 Å². The number of non-ortho nitro benzene ring substituents is 1. The van der Waals surface area contributed by atoms with Crippen LogP contribution < -0.4 is 5.32 Å². The SMILES string of the molecule is Cc1ccc(F)cc1NC(=O)CN(C)S(=O)(=O)c1cccc([N+](=O)[O-])c1. The maximum atomic E-state index is 13.3. The lowest BCUT2D eigenvalue weighted by molar-refractivity contribution is -0.385. The van der Waals surface area contributed by atoms with Crippen molar-refractivity contribution >= 4 is 27.3 Å². The van der Waals surface area contributed by atoms with Crippen LogP contribution in [0.3, 0.4) is 0 Å². The number of nitro groups is 1. The van der Waals surface area contributed by atoms with E-state index in [0.717, 1.165) is 16.4 Å². The fourth-order valence-electron chi connectivity index (χ4n) is 2.14. The number of nitrogens with one attached hydrogen (secondary N) is 1. The molecule has 10 heteroatoms. The number of carbonyl (C=O) groups excluding carboxylic acids is 1. The first-order valence-electron chi connectivity index (χ1n) is 7.38. The van der Waals surface area contributed by atoms with E-state index in [-0.39, 0.29) is 16.3 Å². The fraction of sp³-hybridized carbons (Fsp3) is 0.188. The molecule has 0 atom stereocenters. The maximum absolute atomic E-state index is 13.3. The van der Waals surface area contributed by atoms with Crippen LogP contribution >= 0.6 is 0 Å². The predicted octanol–water partition coefficient (Wildman–Crippen LogP) is 2.30. The number of hydrogen-bond donors (Lipinski definition) is 1. The summed E-state index contributed by atoms with van der Waals surface area (Å²) < 4.78 is 39.0. The van der Waals surface area contributed by atoms with Gasteiger partial charge in [0.15, 0.2) is 0 Å². The molecule has 0 radical (unpaired) electrons. The molecule has 0 saturated heterocycles. The Bertz CT molecular complexity index is 962. The lowest BCUT2D eigenvalue weighted by Crippen LogP contribution is -2.35. The number of anilines is 1. The van der Waals surface area contributed by atoms with Crippen molar-refractivity contribution in [3.8, 4) is 0 Å². The van der Waals surface area contributed by atoms with Gasteiger partial charge < -0.3 is 5.32 Å². The molecule has 1 N–H and O–H groups in total. The van der Waals surface area contributed by atoms with Crippen molar-refractivity contribution < 1.29 is 22.5 Å². The van der Waals surface area contributed by atoms with Crippen molar-refractivity contribution in [2.24, 2.45) is 0 Å². The second-order valence-electron chi connectivity index (χ2n) is 5.52. The number of carbonyl (C=O) groups is 1. The quantitative estimate of drug-likeness (QED) is 0.610. The maximum Gasteiger partial charge on any atom is 0.270 e. The molecule has 138 valence electrons. The Kier molecular flexibility index (Phi) is 5.68. The number of hydrogen-bond acceptors (Lipinski definition) is 5. The monoisotopic (exact) mass is 381 g/mol. The summed E-state index contributed by atoms with van der Waals surface area (Å²) in [5, 5.41) is 13.2. The van der Waals surface area contributed by atoms with Crippen LogP contribution in [0.5, 0.6) is 0 Å². The lowest BCUT2D eigenvalue weighted by atomic mass is 10.2. The summed E-state index contributed by atoms with van der Waals surface area (Å²) >= 11 is 0. The third-order valence-corrected chi connectivity index (χ3v) is 5.38. The molecular weight excluding hydrogens is 365 g/mol. The number of halogens is 1. The zero-order chi connectivity index (χ0) is 19.5. The van der Waals surface area contributed by atoms with E-state index in [4.69, 9.17) is 0 Å². The number of benzene rings is 2. The molecule has 0 saturated carbocycles. The highest BCUT2D eigenvalue weighted by atomic mass is 32.2. The third kappa shape index (κ3) is 4.41. The van der Waals surface area contributed by atoms with Gasteiger partial charge in [0.05, 0.1) is 16.4 Å². The number of sulfonamides is 1. The first-order chi connectivity index (χ1) is 12.1. The molecule has 2 aromatic carbocycles. The molecule has 0 spiro atoms. The van der Waals surface area contributed by atoms with Gasteiger partial charge in [-0.05, 0) is 30.7 Å². The second-order valence-corrected chi connectivity index (χ2v) is 7.57. The van der Waals surface area contributed by atoms with Crippen LogP contribution in [0.4, 0.5) is 15.8 Å². The summed E-state index contributed by atoms with van der Waals surface area (Å²) in [6, 6.07) is 8.38. The zero-order valence-corrected chi connectivity index (χ0v) is 14.8. The summed E-state index contributed by atoms with van der Waals surface area (Å²) in [7, 11) is -2.93. The fourth-order valence-corrected chi connectivity index (χ4v) is 3.31. The van der Waals surface area contributed by atoms with Crippen molar-refractivity contribution in [3.05, 3.63) is 64.0 Å². The second kappa shape index (κ2) is 7.58. The van der Waals surface area contributed by atoms with Gasteiger partial charge in [-0.2, -0.15) is 4.31 Å². The van der Waals surface area contributed by atoms with Gasteiger partial charge in [0, 0.05) is 24.9 Å². The van der Waals surface area contributed by atoms with E-state index in [1.807, 2.05) is 0 Å². The van der Waals surface area contributed by atoms with Crippen LogP contribution in [-0.4, -0.2) is 37.1 Å². The van der Waals surface area contributed by atoms with Gasteiger partial charge in [0.1, 0.15) is 5.82 Å². The lowest BCUT2D eigenvalue weighted by Gasteiger charge is -2.17. The molecule has 2 aromatic rings. The van der Waals surface area contributed by atoms with Crippen LogP contribution in [-0.2, 0) is 14.8 Å². The van der Waals surface area contributed by atoms with Gasteiger partial charge in [0.25, 0.3) is 5.69 Å². The van der Waals surface area contributed by atoms with E-state index < -0.39 is 33.2 Å². The van der Waals surface area contributed by atoms with E-state index in [0.29, 0.717) is 5.56 Å². The Balaban J connectivity index is 2.16. The zero-order valence-electron chi connectivity index (χ0n) is 14.0. The molecule has 8 nitrogen and oxygen atoms in total. The molecule has 26 heavy (non-hydrogen) atoms. The van der Waals surface area contributed by atoms with E-state index in [1.165, 1.54) is 37.4 Å². The Labute approximate surface area is 149 Å². The molecule has 0 fully saturated rings. The number of aryl methyl sites for hydroxylation is 1. The van der Waals surface area contributed by atoms with Crippen molar-refractivity contribution in [2.75, 3.05) is 18.9 Å². The van der Waals surface area contributed by atoms with Crippen molar-refractivity contribution in [1.29, 1.82) is 0 Å². The molecule has 2 rings (SSSR count). The molecule has 0 aromatic heterocycles. The van der Waals surface area contributed by atoms with Crippen LogP contribution in [0.2, 0.25) is 0 Å². The summed E-state index contributed by atoms with van der Waals surface area (Å²) in [4.78, 5) is 21.9. The van der Waals surface area contributed by atoms with Gasteiger partial charge in [-0.3, -0.25) is 14.9 Å². The minimum Gasteiger partial charge on any atom is -0.325 e. The largest absolute Gasteiger partial charge is 0.325 e. The van der Waals surface area contributed by atoms with Crippen LogP contribution in [0, 0.1) is 22.9 Å². The van der Waals surface area contributed by atoms with Gasteiger partial charge in [0.2, 0.25) is 15.9 Å². The highest BCUT2D eigenvalue weighted by Gasteiger charge is 2.25. The van der Waals surface area contributed by atoms with E-state index in [9.17, 15) is 27.7 Å². The molecule has 0 aliphatic rings. The minimum atomic E-state index is -4.11. The normalized spacial score (nSPS) is 11.4. The molecule has 0 aliphatic heterocycles. The average Bonchev–Trinajstić information content (AvgIpc) is 2.58. The van der Waals surface area contributed by atoms with E-state index >= 15 is 0 Å². The van der Waals surface area contributed by atoms with Crippen molar-refractivity contribution in [3.63, 3.8) is 0 Å². The van der Waals surface area contributed by atoms with Gasteiger partial charge in [-0.15, -0.1) is 0 Å². The van der Waals surface area contributed by atoms with Crippen LogP contribution in [0.15, 0.2) is 47.4 Å². The number of nitrogens with zero attached hydrogens (tertiary/aromatic N) is 2. The highest BCUT2D eigenvalue weighted by Crippen LogP contribution is 2.20. The molecule has 1 amide bonds. The smallest absolute Gasteiger partial charge is 0.270 e. The first kappa shape index (κ1) is 19.5. The highest BCUT2D eigenvalue weighted by molar-refractivity contribution is 7.89. The number of nitro benzene ring substituents is 1. The Morgan fingerprint density at radius 1 is 1.27 bits per heavy atom. The Hall–Kier alpha value is -2.85. The van der Waals surface area contributed by atoms with E-state index in [2.05, 4.69) is 5.32 Å². The summed E-state index contributed by atoms with van der Waals surface area (Å²) in [6.45, 7) is 1.12. The molecule has 0 unspecified atom stereocenters.